The molecule has 0 aromatic heterocycles. The van der Waals surface area contributed by atoms with Crippen LogP contribution in [0, 0.1) is 11.3 Å². The zero-order chi connectivity index (χ0) is 13.1. The molecule has 0 bridgehead atoms. The number of hydrogen-bond acceptors (Lipinski definition) is 4. The van der Waals surface area contributed by atoms with Crippen LogP contribution in [0.25, 0.3) is 0 Å². The van der Waals surface area contributed by atoms with Crippen molar-refractivity contribution < 1.29 is 8.42 Å². The van der Waals surface area contributed by atoms with Crippen LogP contribution in [-0.4, -0.2) is 15.0 Å². The summed E-state index contributed by atoms with van der Waals surface area (Å²) in [5, 5.41) is 8.65. The van der Waals surface area contributed by atoms with Gasteiger partial charge in [0, 0.05) is 6.54 Å². The fourth-order valence-corrected chi connectivity index (χ4v) is 2.37. The van der Waals surface area contributed by atoms with Gasteiger partial charge in [0.05, 0.1) is 17.3 Å². The smallest absolute Gasteiger partial charge is 0.242 e. The molecule has 90 valence electrons. The van der Waals surface area contributed by atoms with E-state index in [-0.39, 0.29) is 17.1 Å². The quantitative estimate of drug-likeness (QED) is 0.616. The number of anilines is 1. The maximum atomic E-state index is 11.8. The summed E-state index contributed by atoms with van der Waals surface area (Å²) in [5.41, 5.74) is 6.67. The van der Waals surface area contributed by atoms with Gasteiger partial charge in [-0.25, -0.2) is 13.1 Å². The van der Waals surface area contributed by atoms with E-state index in [0.29, 0.717) is 11.1 Å². The van der Waals surface area contributed by atoms with Crippen molar-refractivity contribution in [1.82, 2.24) is 4.72 Å². The van der Waals surface area contributed by atoms with E-state index in [2.05, 4.69) is 11.3 Å². The summed E-state index contributed by atoms with van der Waals surface area (Å²) < 4.78 is 26.0. The Hall–Kier alpha value is -1.84. The first-order valence-corrected chi connectivity index (χ1v) is 6.29. The lowest BCUT2D eigenvalue weighted by molar-refractivity contribution is 0.585. The van der Waals surface area contributed by atoms with Crippen LogP contribution in [0.3, 0.4) is 0 Å². The van der Waals surface area contributed by atoms with Gasteiger partial charge >= 0.3 is 0 Å². The first-order valence-electron chi connectivity index (χ1n) is 4.80. The Labute approximate surface area is 101 Å². The highest BCUT2D eigenvalue weighted by Crippen LogP contribution is 2.19. The third-order valence-corrected chi connectivity index (χ3v) is 3.47. The van der Waals surface area contributed by atoms with Crippen molar-refractivity contribution in [2.75, 3.05) is 12.3 Å². The number of nitrogen functional groups attached to an aromatic ring is 1. The van der Waals surface area contributed by atoms with Crippen molar-refractivity contribution in [2.45, 2.75) is 11.8 Å². The van der Waals surface area contributed by atoms with Gasteiger partial charge in [0.25, 0.3) is 0 Å². The second-order valence-electron chi connectivity index (χ2n) is 3.65. The van der Waals surface area contributed by atoms with E-state index in [1.165, 1.54) is 18.2 Å². The van der Waals surface area contributed by atoms with Crippen molar-refractivity contribution in [1.29, 1.82) is 5.26 Å². The highest BCUT2D eigenvalue weighted by molar-refractivity contribution is 7.89. The standard InChI is InChI=1S/C11H13N3O2S/c1-8(2)7-14-17(15,16)11-4-3-9(6-12)5-10(11)13/h3-5,14H,1,7,13H2,2H3. The van der Waals surface area contributed by atoms with Gasteiger partial charge in [-0.3, -0.25) is 0 Å². The van der Waals surface area contributed by atoms with Crippen LogP contribution in [0.15, 0.2) is 35.2 Å². The Morgan fingerprint density at radius 2 is 2.24 bits per heavy atom. The Bertz CT molecular complexity index is 585. The van der Waals surface area contributed by atoms with Gasteiger partial charge in [-0.2, -0.15) is 5.26 Å². The third kappa shape index (κ3) is 3.31. The summed E-state index contributed by atoms with van der Waals surface area (Å²) in [7, 11) is -3.66. The number of nitrogens with one attached hydrogen (secondary N) is 1. The number of hydrogen-bond donors (Lipinski definition) is 2. The lowest BCUT2D eigenvalue weighted by Gasteiger charge is -2.08. The Morgan fingerprint density at radius 3 is 2.71 bits per heavy atom. The van der Waals surface area contributed by atoms with Crippen LogP contribution >= 0.6 is 0 Å². The molecule has 0 unspecified atom stereocenters. The van der Waals surface area contributed by atoms with Gasteiger partial charge < -0.3 is 5.73 Å². The molecule has 6 heteroatoms. The SMILES string of the molecule is C=C(C)CNS(=O)(=O)c1ccc(C#N)cc1N. The monoisotopic (exact) mass is 251 g/mol. The Kier molecular flexibility index (Phi) is 3.89. The van der Waals surface area contributed by atoms with Crippen molar-refractivity contribution in [3.05, 3.63) is 35.9 Å². The van der Waals surface area contributed by atoms with Crippen molar-refractivity contribution in [3.63, 3.8) is 0 Å². The lowest BCUT2D eigenvalue weighted by atomic mass is 10.2. The van der Waals surface area contributed by atoms with Crippen LogP contribution in [0.2, 0.25) is 0 Å². The van der Waals surface area contributed by atoms with E-state index in [4.69, 9.17) is 11.0 Å². The van der Waals surface area contributed by atoms with Gasteiger partial charge in [0.15, 0.2) is 0 Å². The molecule has 0 radical (unpaired) electrons. The predicted molar refractivity (Wildman–Crippen MR) is 65.6 cm³/mol. The van der Waals surface area contributed by atoms with Crippen LogP contribution in [0.1, 0.15) is 12.5 Å². The molecule has 0 atom stereocenters. The fourth-order valence-electron chi connectivity index (χ4n) is 1.16. The topological polar surface area (TPSA) is 96.0 Å². The van der Waals surface area contributed by atoms with E-state index in [1.807, 2.05) is 6.07 Å². The van der Waals surface area contributed by atoms with E-state index >= 15 is 0 Å². The highest BCUT2D eigenvalue weighted by atomic mass is 32.2. The van der Waals surface area contributed by atoms with E-state index < -0.39 is 10.0 Å². The minimum atomic E-state index is -3.66. The molecule has 1 aromatic rings. The van der Waals surface area contributed by atoms with E-state index in [1.54, 1.807) is 6.92 Å². The fraction of sp³-hybridized carbons (Fsp3) is 0.182. The predicted octanol–water partition coefficient (Wildman–Crippen LogP) is 0.995. The van der Waals surface area contributed by atoms with E-state index in [9.17, 15) is 8.42 Å². The van der Waals surface area contributed by atoms with Gasteiger partial charge in [-0.1, -0.05) is 12.2 Å². The van der Waals surface area contributed by atoms with Crippen LogP contribution in [0.4, 0.5) is 5.69 Å². The minimum Gasteiger partial charge on any atom is -0.398 e. The van der Waals surface area contributed by atoms with Gasteiger partial charge in [0.2, 0.25) is 10.0 Å². The first kappa shape index (κ1) is 13.2. The third-order valence-electron chi connectivity index (χ3n) is 1.99. The molecule has 5 nitrogen and oxygen atoms in total. The number of nitrogens with two attached hydrogens (primary N) is 1. The molecule has 1 aromatic carbocycles. The largest absolute Gasteiger partial charge is 0.398 e. The van der Waals surface area contributed by atoms with Gasteiger partial charge in [0.1, 0.15) is 4.90 Å². The normalized spacial score (nSPS) is 10.8. The molecule has 1 rings (SSSR count). The molecule has 3 N–H and O–H groups in total. The molecule has 0 fully saturated rings. The first-order chi connectivity index (χ1) is 7.86. The molecule has 0 amide bonds. The average Bonchev–Trinajstić information content (AvgIpc) is 2.26. The summed E-state index contributed by atoms with van der Waals surface area (Å²) in [6.45, 7) is 5.47. The Morgan fingerprint density at radius 1 is 1.59 bits per heavy atom. The lowest BCUT2D eigenvalue weighted by Crippen LogP contribution is -2.26. The molecular weight excluding hydrogens is 238 g/mol. The van der Waals surface area contributed by atoms with Gasteiger partial charge in [-0.15, -0.1) is 0 Å². The zero-order valence-corrected chi connectivity index (χ0v) is 10.2. The summed E-state index contributed by atoms with van der Waals surface area (Å²) in [6.07, 6.45) is 0. The molecule has 0 aliphatic carbocycles. The molecule has 17 heavy (non-hydrogen) atoms. The molecule has 0 heterocycles. The second-order valence-corrected chi connectivity index (χ2v) is 5.38. The summed E-state index contributed by atoms with van der Waals surface area (Å²) in [5.74, 6) is 0. The maximum absolute atomic E-state index is 11.8. The zero-order valence-electron chi connectivity index (χ0n) is 9.40. The highest BCUT2D eigenvalue weighted by Gasteiger charge is 2.16. The molecule has 0 aliphatic rings. The van der Waals surface area contributed by atoms with Crippen LogP contribution < -0.4 is 10.5 Å². The molecule has 0 aliphatic heterocycles. The van der Waals surface area contributed by atoms with Gasteiger partial charge in [-0.05, 0) is 25.1 Å². The molecule has 0 spiro atoms. The number of benzene rings is 1. The number of nitrogens with zero attached hydrogens (tertiary/aromatic N) is 1. The van der Waals surface area contributed by atoms with Crippen molar-refractivity contribution in [2.24, 2.45) is 0 Å². The molecule has 0 saturated heterocycles. The van der Waals surface area contributed by atoms with Crippen LogP contribution in [0.5, 0.6) is 0 Å². The van der Waals surface area contributed by atoms with Crippen LogP contribution in [-0.2, 0) is 10.0 Å². The second kappa shape index (κ2) is 4.99. The Balaban J connectivity index is 3.08. The van der Waals surface area contributed by atoms with Crippen molar-refractivity contribution in [3.8, 4) is 6.07 Å². The summed E-state index contributed by atoms with van der Waals surface area (Å²) in [6, 6.07) is 5.94. The minimum absolute atomic E-state index is 0.0299. The molecule has 0 saturated carbocycles. The maximum Gasteiger partial charge on any atom is 0.242 e. The number of sulfonamides is 1. The number of nitriles is 1. The average molecular weight is 251 g/mol. The summed E-state index contributed by atoms with van der Waals surface area (Å²) in [4.78, 5) is -0.0299. The van der Waals surface area contributed by atoms with Crippen molar-refractivity contribution >= 4 is 15.7 Å². The summed E-state index contributed by atoms with van der Waals surface area (Å²) >= 11 is 0. The van der Waals surface area contributed by atoms with E-state index in [0.717, 1.165) is 0 Å². The molecular formula is C11H13N3O2S. The number of rotatable bonds is 4.